The summed E-state index contributed by atoms with van der Waals surface area (Å²) in [6.07, 6.45) is -17.5. The van der Waals surface area contributed by atoms with Crippen LogP contribution >= 0.6 is 0 Å². The van der Waals surface area contributed by atoms with Gasteiger partial charge in [-0.05, 0) is 6.92 Å². The van der Waals surface area contributed by atoms with Crippen molar-refractivity contribution in [3.63, 3.8) is 0 Å². The van der Waals surface area contributed by atoms with Crippen LogP contribution in [0.1, 0.15) is 8.29 Å². The quantitative estimate of drug-likeness (QED) is 0.245. The minimum atomic E-state index is -3.10. The molecular formula is C12H22O10. The molecule has 0 aromatic heterocycles. The van der Waals surface area contributed by atoms with E-state index in [1.165, 1.54) is 6.92 Å². The number of aliphatic hydroxyl groups is 8. The Morgan fingerprint density at radius 3 is 2.09 bits per heavy atom. The normalized spacial score (nSPS) is 60.9. The van der Waals surface area contributed by atoms with Gasteiger partial charge >= 0.3 is 0 Å². The summed E-state index contributed by atoms with van der Waals surface area (Å²) in [6.45, 7) is 0.372. The Morgan fingerprint density at radius 2 is 1.55 bits per heavy atom. The maximum Gasteiger partial charge on any atom is 0.225 e. The fourth-order valence-corrected chi connectivity index (χ4v) is 2.61. The maximum absolute atomic E-state index is 10.6. The molecule has 10 nitrogen and oxygen atoms in total. The minimum absolute atomic E-state index is 0.875. The van der Waals surface area contributed by atoms with E-state index in [1.807, 2.05) is 0 Å². The van der Waals surface area contributed by atoms with Gasteiger partial charge < -0.3 is 50.3 Å². The van der Waals surface area contributed by atoms with E-state index in [0.717, 1.165) is 0 Å². The van der Waals surface area contributed by atoms with Crippen LogP contribution in [0.15, 0.2) is 0 Å². The molecule has 2 aliphatic heterocycles. The topological polar surface area (TPSA) is 180 Å². The lowest BCUT2D eigenvalue weighted by atomic mass is 9.83. The van der Waals surface area contributed by atoms with Crippen LogP contribution in [0.4, 0.5) is 0 Å². The largest absolute Gasteiger partial charge is 0.394 e. The van der Waals surface area contributed by atoms with E-state index in [9.17, 15) is 35.7 Å². The smallest absolute Gasteiger partial charge is 0.225 e. The van der Waals surface area contributed by atoms with Crippen molar-refractivity contribution in [1.29, 1.82) is 0 Å². The third-order valence-corrected chi connectivity index (χ3v) is 4.06. The second-order valence-electron chi connectivity index (χ2n) is 5.57. The number of hydrogen-bond acceptors (Lipinski definition) is 10. The fraction of sp³-hybridized carbons (Fsp3) is 1.00. The third-order valence-electron chi connectivity index (χ3n) is 4.06. The van der Waals surface area contributed by atoms with E-state index in [-0.39, 0.29) is 0 Å². The monoisotopic (exact) mass is 327 g/mol. The minimum Gasteiger partial charge on any atom is -0.394 e. The fourth-order valence-electron chi connectivity index (χ4n) is 2.61. The zero-order chi connectivity index (χ0) is 17.7. The van der Waals surface area contributed by atoms with Crippen LogP contribution in [0.2, 0.25) is 0 Å². The first-order valence-electron chi connectivity index (χ1n) is 7.28. The molecule has 130 valence electrons. The van der Waals surface area contributed by atoms with Gasteiger partial charge in [-0.3, -0.25) is 0 Å². The number of aliphatic hydroxyl groups excluding tert-OH is 7. The Labute approximate surface area is 127 Å². The van der Waals surface area contributed by atoms with Crippen molar-refractivity contribution in [3.05, 3.63) is 0 Å². The standard InChI is InChI=1S/C12H22O10/c1-3-5(14)7(16)9(18)11(21-3)12(20)10(19)8(17)6(15)4(2-13)22-12/h3-11,13-20H,2H2,1H3/t3-,4-,5+,6-,7+,8+,9-,10-,11-,12?/m1/s1/i11D. The first-order chi connectivity index (χ1) is 10.5. The molecule has 2 saturated heterocycles. The van der Waals surface area contributed by atoms with Crippen molar-refractivity contribution in [2.24, 2.45) is 0 Å². The van der Waals surface area contributed by atoms with Gasteiger partial charge in [0.2, 0.25) is 5.79 Å². The molecule has 8 N–H and O–H groups in total. The Kier molecular flexibility index (Phi) is 4.67. The molecule has 0 radical (unpaired) electrons. The predicted molar refractivity (Wildman–Crippen MR) is 67.3 cm³/mol. The van der Waals surface area contributed by atoms with Crippen LogP contribution < -0.4 is 0 Å². The summed E-state index contributed by atoms with van der Waals surface area (Å²) in [5, 5.41) is 78.8. The first-order valence-corrected chi connectivity index (χ1v) is 6.78. The van der Waals surface area contributed by atoms with E-state index >= 15 is 0 Å². The zero-order valence-corrected chi connectivity index (χ0v) is 11.7. The summed E-state index contributed by atoms with van der Waals surface area (Å²) in [5.74, 6) is -3.10. The average Bonchev–Trinajstić information content (AvgIpc) is 2.52. The first kappa shape index (κ1) is 16.5. The van der Waals surface area contributed by atoms with Gasteiger partial charge in [0, 0.05) is 0 Å². The Hall–Kier alpha value is -0.400. The third kappa shape index (κ3) is 2.65. The summed E-state index contributed by atoms with van der Waals surface area (Å²) in [6, 6.07) is 0. The average molecular weight is 327 g/mol. The molecule has 0 saturated carbocycles. The van der Waals surface area contributed by atoms with Crippen molar-refractivity contribution in [2.75, 3.05) is 6.61 Å². The summed E-state index contributed by atoms with van der Waals surface area (Å²) in [7, 11) is 0. The molecule has 22 heavy (non-hydrogen) atoms. The molecule has 2 heterocycles. The highest BCUT2D eigenvalue weighted by Crippen LogP contribution is 2.37. The van der Waals surface area contributed by atoms with Crippen LogP contribution in [0.25, 0.3) is 0 Å². The summed E-state index contributed by atoms with van der Waals surface area (Å²) >= 11 is 0. The highest BCUT2D eigenvalue weighted by Gasteiger charge is 2.62. The summed E-state index contributed by atoms with van der Waals surface area (Å²) in [5.41, 5.74) is 0. The molecule has 0 amide bonds. The molecule has 0 aromatic rings. The second-order valence-corrected chi connectivity index (χ2v) is 5.57. The molecule has 0 aromatic carbocycles. The van der Waals surface area contributed by atoms with Gasteiger partial charge in [0.25, 0.3) is 0 Å². The second kappa shape index (κ2) is 6.24. The van der Waals surface area contributed by atoms with E-state index in [4.69, 9.17) is 16.0 Å². The highest BCUT2D eigenvalue weighted by molar-refractivity contribution is 5.05. The summed E-state index contributed by atoms with van der Waals surface area (Å²) < 4.78 is 18.2. The van der Waals surface area contributed by atoms with Gasteiger partial charge in [-0.1, -0.05) is 0 Å². The van der Waals surface area contributed by atoms with Crippen LogP contribution in [-0.4, -0.2) is 108 Å². The van der Waals surface area contributed by atoms with E-state index in [0.29, 0.717) is 0 Å². The van der Waals surface area contributed by atoms with Crippen molar-refractivity contribution in [2.45, 2.75) is 67.6 Å². The lowest BCUT2D eigenvalue weighted by molar-refractivity contribution is -0.404. The van der Waals surface area contributed by atoms with Gasteiger partial charge in [0.05, 0.1) is 14.1 Å². The predicted octanol–water partition coefficient (Wildman–Crippen LogP) is -4.98. The highest BCUT2D eigenvalue weighted by atomic mass is 16.7. The Bertz CT molecular complexity index is 438. The molecule has 2 fully saturated rings. The Morgan fingerprint density at radius 1 is 0.955 bits per heavy atom. The molecular weight excluding hydrogens is 304 g/mol. The molecule has 1 unspecified atom stereocenters. The van der Waals surface area contributed by atoms with Crippen molar-refractivity contribution in [3.8, 4) is 0 Å². The van der Waals surface area contributed by atoms with Gasteiger partial charge in [-0.2, -0.15) is 0 Å². The molecule has 2 aliphatic rings. The molecule has 2 rings (SSSR count). The molecule has 0 bridgehead atoms. The molecule has 10 heteroatoms. The SMILES string of the molecule is [2H][C@@]1(C2(O)O[C@H](CO)[C@@H](O)[C@H](O)[C@H]2O)O[C@H](C)[C@H](O)[C@H](O)[C@H]1O. The lowest BCUT2D eigenvalue weighted by Gasteiger charge is -2.52. The van der Waals surface area contributed by atoms with Crippen LogP contribution in [0, 0.1) is 0 Å². The van der Waals surface area contributed by atoms with E-state index < -0.39 is 67.3 Å². The number of hydrogen-bond donors (Lipinski definition) is 8. The van der Waals surface area contributed by atoms with Crippen molar-refractivity contribution in [1.82, 2.24) is 0 Å². The van der Waals surface area contributed by atoms with Gasteiger partial charge in [-0.25, -0.2) is 0 Å². The van der Waals surface area contributed by atoms with Gasteiger partial charge in [0.1, 0.15) is 48.8 Å². The lowest BCUT2D eigenvalue weighted by Crippen LogP contribution is -2.74. The Balaban J connectivity index is 2.43. The molecule has 0 aliphatic carbocycles. The van der Waals surface area contributed by atoms with Crippen LogP contribution in [-0.2, 0) is 9.47 Å². The maximum atomic E-state index is 10.6. The van der Waals surface area contributed by atoms with Crippen LogP contribution in [0.5, 0.6) is 0 Å². The van der Waals surface area contributed by atoms with Crippen molar-refractivity contribution >= 4 is 0 Å². The summed E-state index contributed by atoms with van der Waals surface area (Å²) in [4.78, 5) is 0. The van der Waals surface area contributed by atoms with Gasteiger partial charge in [-0.15, -0.1) is 0 Å². The molecule has 10 atom stereocenters. The number of rotatable bonds is 2. The van der Waals surface area contributed by atoms with Gasteiger partial charge in [0.15, 0.2) is 0 Å². The number of ether oxygens (including phenoxy) is 2. The van der Waals surface area contributed by atoms with E-state index in [1.54, 1.807) is 0 Å². The zero-order valence-electron chi connectivity index (χ0n) is 12.7. The van der Waals surface area contributed by atoms with Crippen molar-refractivity contribution < 1.29 is 51.7 Å². The van der Waals surface area contributed by atoms with Crippen LogP contribution in [0.3, 0.4) is 0 Å². The van der Waals surface area contributed by atoms with E-state index in [2.05, 4.69) is 0 Å². The molecule has 0 spiro atoms.